The minimum absolute atomic E-state index is 0.0289. The highest BCUT2D eigenvalue weighted by Gasteiger charge is 2.40. The second-order valence-electron chi connectivity index (χ2n) is 6.69. The molecule has 0 aromatic heterocycles. The Morgan fingerprint density at radius 3 is 2.80 bits per heavy atom. The van der Waals surface area contributed by atoms with Crippen molar-refractivity contribution in [2.24, 2.45) is 0 Å². The van der Waals surface area contributed by atoms with Gasteiger partial charge in [0.15, 0.2) is 0 Å². The number of rotatable bonds is 3. The average molecular weight is 274 g/mol. The second kappa shape index (κ2) is 5.12. The van der Waals surface area contributed by atoms with Gasteiger partial charge in [0.1, 0.15) is 5.82 Å². The molecule has 0 spiro atoms. The molecule has 0 amide bonds. The van der Waals surface area contributed by atoms with Crippen molar-refractivity contribution >= 4 is 0 Å². The van der Waals surface area contributed by atoms with Crippen LogP contribution in [-0.4, -0.2) is 36.1 Å². The first kappa shape index (κ1) is 12.8. The highest BCUT2D eigenvalue weighted by molar-refractivity contribution is 5.25. The van der Waals surface area contributed by atoms with E-state index in [-0.39, 0.29) is 5.82 Å². The number of nitrogens with zero attached hydrogens (tertiary/aromatic N) is 1. The Hall–Kier alpha value is -0.930. The first-order valence-corrected chi connectivity index (χ1v) is 8.06. The van der Waals surface area contributed by atoms with Crippen molar-refractivity contribution < 1.29 is 4.39 Å². The van der Waals surface area contributed by atoms with Crippen LogP contribution in [0.1, 0.15) is 43.6 Å². The zero-order valence-corrected chi connectivity index (χ0v) is 11.9. The van der Waals surface area contributed by atoms with Gasteiger partial charge in [-0.15, -0.1) is 0 Å². The molecular weight excluding hydrogens is 251 g/mol. The lowest BCUT2D eigenvalue weighted by molar-refractivity contribution is 0.231. The van der Waals surface area contributed by atoms with Gasteiger partial charge in [-0.1, -0.05) is 18.2 Å². The van der Waals surface area contributed by atoms with Crippen LogP contribution in [0.25, 0.3) is 0 Å². The van der Waals surface area contributed by atoms with Crippen LogP contribution < -0.4 is 5.32 Å². The van der Waals surface area contributed by atoms with Crippen LogP contribution >= 0.6 is 0 Å². The number of nitrogens with one attached hydrogen (secondary N) is 1. The smallest absolute Gasteiger partial charge is 0.126 e. The van der Waals surface area contributed by atoms with Crippen molar-refractivity contribution in [2.75, 3.05) is 13.1 Å². The fourth-order valence-electron chi connectivity index (χ4n) is 4.39. The quantitative estimate of drug-likeness (QED) is 0.911. The highest BCUT2D eigenvalue weighted by Crippen LogP contribution is 2.39. The number of hydrogen-bond acceptors (Lipinski definition) is 2. The lowest BCUT2D eigenvalue weighted by atomic mass is 9.75. The predicted molar refractivity (Wildman–Crippen MR) is 78.3 cm³/mol. The van der Waals surface area contributed by atoms with E-state index in [1.165, 1.54) is 32.4 Å². The molecular formula is C17H23FN2. The van der Waals surface area contributed by atoms with Crippen molar-refractivity contribution in [3.05, 3.63) is 35.6 Å². The number of benzene rings is 1. The van der Waals surface area contributed by atoms with Crippen LogP contribution in [-0.2, 0) is 0 Å². The summed E-state index contributed by atoms with van der Waals surface area (Å²) in [4.78, 5) is 2.64. The summed E-state index contributed by atoms with van der Waals surface area (Å²) in [5, 5.41) is 3.84. The third kappa shape index (κ3) is 2.17. The Kier molecular flexibility index (Phi) is 3.27. The SMILES string of the molecule is Fc1ccccc1C1CC(NC2CCN3CCCC23)C1. The van der Waals surface area contributed by atoms with E-state index in [0.717, 1.165) is 24.4 Å². The molecule has 2 atom stereocenters. The molecule has 3 aliphatic rings. The third-order valence-electron chi connectivity index (χ3n) is 5.54. The highest BCUT2D eigenvalue weighted by atomic mass is 19.1. The van der Waals surface area contributed by atoms with Crippen LogP contribution in [0.15, 0.2) is 24.3 Å². The third-order valence-corrected chi connectivity index (χ3v) is 5.54. The van der Waals surface area contributed by atoms with Gasteiger partial charge in [-0.25, -0.2) is 4.39 Å². The molecule has 108 valence electrons. The van der Waals surface area contributed by atoms with E-state index in [9.17, 15) is 4.39 Å². The largest absolute Gasteiger partial charge is 0.310 e. The molecule has 2 nitrogen and oxygen atoms in total. The fourth-order valence-corrected chi connectivity index (χ4v) is 4.39. The number of fused-ring (bicyclic) bond motifs is 1. The number of hydrogen-bond donors (Lipinski definition) is 1. The summed E-state index contributed by atoms with van der Waals surface area (Å²) < 4.78 is 13.7. The molecule has 4 rings (SSSR count). The van der Waals surface area contributed by atoms with E-state index in [1.54, 1.807) is 12.1 Å². The van der Waals surface area contributed by atoms with Crippen LogP contribution in [0.2, 0.25) is 0 Å². The molecule has 1 saturated carbocycles. The fraction of sp³-hybridized carbons (Fsp3) is 0.647. The monoisotopic (exact) mass is 274 g/mol. The van der Waals surface area contributed by atoms with E-state index in [2.05, 4.69) is 10.2 Å². The average Bonchev–Trinajstić information content (AvgIpc) is 2.98. The van der Waals surface area contributed by atoms with Crippen LogP contribution in [0, 0.1) is 5.82 Å². The van der Waals surface area contributed by atoms with Gasteiger partial charge in [-0.05, 0) is 56.2 Å². The van der Waals surface area contributed by atoms with E-state index in [1.807, 2.05) is 12.1 Å². The van der Waals surface area contributed by atoms with Gasteiger partial charge in [-0.2, -0.15) is 0 Å². The van der Waals surface area contributed by atoms with Crippen molar-refractivity contribution in [2.45, 2.75) is 56.1 Å². The van der Waals surface area contributed by atoms with Crippen LogP contribution in [0.3, 0.4) is 0 Å². The molecule has 0 radical (unpaired) electrons. The number of halogens is 1. The molecule has 2 heterocycles. The molecule has 0 bridgehead atoms. The molecule has 2 saturated heterocycles. The molecule has 1 N–H and O–H groups in total. The summed E-state index contributed by atoms with van der Waals surface area (Å²) in [7, 11) is 0. The zero-order valence-electron chi connectivity index (χ0n) is 11.9. The lowest BCUT2D eigenvalue weighted by Gasteiger charge is -2.39. The minimum atomic E-state index is -0.0289. The second-order valence-corrected chi connectivity index (χ2v) is 6.69. The van der Waals surface area contributed by atoms with Crippen LogP contribution in [0.5, 0.6) is 0 Å². The van der Waals surface area contributed by atoms with Gasteiger partial charge in [0.25, 0.3) is 0 Å². The van der Waals surface area contributed by atoms with E-state index in [4.69, 9.17) is 0 Å². The molecule has 20 heavy (non-hydrogen) atoms. The molecule has 2 unspecified atom stereocenters. The molecule has 1 aromatic carbocycles. The predicted octanol–water partition coefficient (Wildman–Crippen LogP) is 2.90. The summed E-state index contributed by atoms with van der Waals surface area (Å²) in [5.41, 5.74) is 0.916. The van der Waals surface area contributed by atoms with Crippen molar-refractivity contribution in [3.63, 3.8) is 0 Å². The maximum atomic E-state index is 13.7. The summed E-state index contributed by atoms with van der Waals surface area (Å²) in [5.74, 6) is 0.397. The van der Waals surface area contributed by atoms with E-state index in [0.29, 0.717) is 18.0 Å². The van der Waals surface area contributed by atoms with E-state index >= 15 is 0 Å². The lowest BCUT2D eigenvalue weighted by Crippen LogP contribution is -2.49. The van der Waals surface area contributed by atoms with Gasteiger partial charge in [0.05, 0.1) is 0 Å². The molecule has 1 aliphatic carbocycles. The molecule has 1 aromatic rings. The Morgan fingerprint density at radius 2 is 1.95 bits per heavy atom. The standard InChI is InChI=1S/C17H23FN2/c18-15-5-2-1-4-14(15)12-10-13(11-12)19-16-7-9-20-8-3-6-17(16)20/h1-2,4-5,12-13,16-17,19H,3,6-11H2. The Balaban J connectivity index is 1.32. The van der Waals surface area contributed by atoms with Gasteiger partial charge in [-0.3, -0.25) is 4.90 Å². The van der Waals surface area contributed by atoms with E-state index < -0.39 is 0 Å². The Bertz CT molecular complexity index is 484. The first-order chi connectivity index (χ1) is 9.81. The van der Waals surface area contributed by atoms with Crippen LogP contribution in [0.4, 0.5) is 4.39 Å². The Labute approximate surface area is 120 Å². The Morgan fingerprint density at radius 1 is 1.10 bits per heavy atom. The van der Waals surface area contributed by atoms with Gasteiger partial charge in [0.2, 0.25) is 0 Å². The molecule has 3 fully saturated rings. The van der Waals surface area contributed by atoms with Crippen molar-refractivity contribution in [3.8, 4) is 0 Å². The summed E-state index contributed by atoms with van der Waals surface area (Å²) in [6.07, 6.45) is 6.23. The summed E-state index contributed by atoms with van der Waals surface area (Å²) >= 11 is 0. The summed E-state index contributed by atoms with van der Waals surface area (Å²) in [6, 6.07) is 9.33. The minimum Gasteiger partial charge on any atom is -0.310 e. The maximum absolute atomic E-state index is 13.7. The van der Waals surface area contributed by atoms with Gasteiger partial charge in [0, 0.05) is 24.7 Å². The van der Waals surface area contributed by atoms with Gasteiger partial charge < -0.3 is 5.32 Å². The van der Waals surface area contributed by atoms with Crippen molar-refractivity contribution in [1.29, 1.82) is 0 Å². The van der Waals surface area contributed by atoms with Gasteiger partial charge >= 0.3 is 0 Å². The first-order valence-electron chi connectivity index (χ1n) is 8.06. The summed E-state index contributed by atoms with van der Waals surface area (Å²) in [6.45, 7) is 2.57. The zero-order chi connectivity index (χ0) is 13.5. The maximum Gasteiger partial charge on any atom is 0.126 e. The molecule has 3 heteroatoms. The normalized spacial score (nSPS) is 36.9. The van der Waals surface area contributed by atoms with Crippen molar-refractivity contribution in [1.82, 2.24) is 10.2 Å². The topological polar surface area (TPSA) is 15.3 Å². The molecule has 2 aliphatic heterocycles.